The fourth-order valence-corrected chi connectivity index (χ4v) is 4.51. The van der Waals surface area contributed by atoms with Gasteiger partial charge in [-0.3, -0.25) is 0 Å². The van der Waals surface area contributed by atoms with Crippen LogP contribution in [0.1, 0.15) is 55.3 Å². The zero-order chi connectivity index (χ0) is 25.3. The molecule has 1 aliphatic heterocycles. The summed E-state index contributed by atoms with van der Waals surface area (Å²) in [5.41, 5.74) is 3.03. The summed E-state index contributed by atoms with van der Waals surface area (Å²) >= 11 is 0. The minimum Gasteiger partial charge on any atom is -0.480 e. The Hall–Kier alpha value is -3.20. The number of halogens is 1. The molecular formula is C27H35FN4O4. The van der Waals surface area contributed by atoms with E-state index >= 15 is 0 Å². The highest BCUT2D eigenvalue weighted by molar-refractivity contribution is 5.79. The van der Waals surface area contributed by atoms with E-state index in [0.717, 1.165) is 69.5 Å². The molecule has 0 saturated heterocycles. The van der Waals surface area contributed by atoms with Crippen LogP contribution in [0.2, 0.25) is 0 Å². The molecule has 2 heterocycles. The maximum absolute atomic E-state index is 13.0. The number of carboxylic acids is 1. The SMILES string of the molecule is O=C(NC(CCN(CCCCc1ccc2c(n1)NCCC2)C1CC1)C(=O)O)OCc1ccc(F)cc1. The molecule has 2 aromatic rings. The Morgan fingerprint density at radius 1 is 1.17 bits per heavy atom. The lowest BCUT2D eigenvalue weighted by molar-refractivity contribution is -0.139. The largest absolute Gasteiger partial charge is 0.480 e. The van der Waals surface area contributed by atoms with Gasteiger partial charge in [0.1, 0.15) is 24.3 Å². The van der Waals surface area contributed by atoms with Gasteiger partial charge in [-0.15, -0.1) is 0 Å². The van der Waals surface area contributed by atoms with Gasteiger partial charge in [-0.1, -0.05) is 18.2 Å². The number of unbranched alkanes of at least 4 members (excludes halogenated alkanes) is 1. The number of carboxylic acid groups (broad SMARTS) is 1. The van der Waals surface area contributed by atoms with Gasteiger partial charge in [0.25, 0.3) is 0 Å². The van der Waals surface area contributed by atoms with Crippen molar-refractivity contribution in [2.45, 2.75) is 70.1 Å². The number of benzene rings is 1. The fraction of sp³-hybridized carbons (Fsp3) is 0.519. The van der Waals surface area contributed by atoms with Crippen molar-refractivity contribution in [3.8, 4) is 0 Å². The lowest BCUT2D eigenvalue weighted by Crippen LogP contribution is -2.43. The maximum Gasteiger partial charge on any atom is 0.408 e. The molecule has 1 aromatic carbocycles. The summed E-state index contributed by atoms with van der Waals surface area (Å²) in [6.07, 6.45) is 6.95. The summed E-state index contributed by atoms with van der Waals surface area (Å²) in [6.45, 7) is 2.43. The molecule has 9 heteroatoms. The molecule has 0 radical (unpaired) electrons. The van der Waals surface area contributed by atoms with E-state index in [4.69, 9.17) is 9.72 Å². The van der Waals surface area contributed by atoms with Gasteiger partial charge in [-0.25, -0.2) is 19.0 Å². The van der Waals surface area contributed by atoms with Crippen LogP contribution in [0.3, 0.4) is 0 Å². The van der Waals surface area contributed by atoms with E-state index in [1.807, 2.05) is 0 Å². The van der Waals surface area contributed by atoms with Gasteiger partial charge in [-0.05, 0) is 87.2 Å². The minimum absolute atomic E-state index is 0.0538. The molecule has 36 heavy (non-hydrogen) atoms. The van der Waals surface area contributed by atoms with Crippen LogP contribution in [0, 0.1) is 5.82 Å². The van der Waals surface area contributed by atoms with Crippen LogP contribution in [0.5, 0.6) is 0 Å². The van der Waals surface area contributed by atoms with Gasteiger partial charge < -0.3 is 25.4 Å². The molecule has 2 aliphatic rings. The minimum atomic E-state index is -1.09. The second-order valence-corrected chi connectivity index (χ2v) is 9.59. The van der Waals surface area contributed by atoms with Gasteiger partial charge in [0.2, 0.25) is 0 Å². The zero-order valence-electron chi connectivity index (χ0n) is 20.5. The lowest BCUT2D eigenvalue weighted by Gasteiger charge is -2.24. The van der Waals surface area contributed by atoms with E-state index in [1.165, 1.54) is 29.8 Å². The molecule has 1 amide bonds. The Kier molecular flexibility index (Phi) is 9.11. The Morgan fingerprint density at radius 3 is 2.72 bits per heavy atom. The van der Waals surface area contributed by atoms with Crippen LogP contribution in [0.4, 0.5) is 15.0 Å². The summed E-state index contributed by atoms with van der Waals surface area (Å²) in [6, 6.07) is 9.38. The predicted octanol–water partition coefficient (Wildman–Crippen LogP) is 4.14. The first kappa shape index (κ1) is 25.9. The zero-order valence-corrected chi connectivity index (χ0v) is 20.5. The number of carbonyl (C=O) groups excluding carboxylic acids is 1. The number of aromatic nitrogens is 1. The smallest absolute Gasteiger partial charge is 0.408 e. The number of carbonyl (C=O) groups is 2. The summed E-state index contributed by atoms with van der Waals surface area (Å²) in [7, 11) is 0. The Bertz CT molecular complexity index is 1030. The van der Waals surface area contributed by atoms with E-state index in [-0.39, 0.29) is 12.4 Å². The van der Waals surface area contributed by atoms with E-state index < -0.39 is 18.1 Å². The van der Waals surface area contributed by atoms with E-state index in [2.05, 4.69) is 27.7 Å². The third-order valence-electron chi connectivity index (χ3n) is 6.72. The second kappa shape index (κ2) is 12.7. The summed E-state index contributed by atoms with van der Waals surface area (Å²) in [5.74, 6) is -0.430. The number of hydrogen-bond donors (Lipinski definition) is 3. The molecule has 1 aliphatic carbocycles. The molecule has 0 spiro atoms. The lowest BCUT2D eigenvalue weighted by atomic mass is 10.1. The molecule has 0 bridgehead atoms. The standard InChI is InChI=1S/C27H35FN4O4/c28-21-9-6-19(7-10-21)18-36-27(35)31-24(26(33)34)14-17-32(23-12-13-23)16-2-1-5-22-11-8-20-4-3-15-29-25(20)30-22/h6-11,23-24H,1-5,12-18H2,(H,29,30)(H,31,35)(H,33,34). The van der Waals surface area contributed by atoms with Gasteiger partial charge in [0, 0.05) is 24.8 Å². The van der Waals surface area contributed by atoms with Crippen LogP contribution < -0.4 is 10.6 Å². The monoisotopic (exact) mass is 498 g/mol. The predicted molar refractivity (Wildman–Crippen MR) is 134 cm³/mol. The number of hydrogen-bond acceptors (Lipinski definition) is 6. The van der Waals surface area contributed by atoms with Crippen molar-refractivity contribution in [3.05, 3.63) is 59.0 Å². The van der Waals surface area contributed by atoms with Crippen molar-refractivity contribution in [1.29, 1.82) is 0 Å². The van der Waals surface area contributed by atoms with Crippen LogP contribution in [-0.4, -0.2) is 58.8 Å². The van der Waals surface area contributed by atoms with Crippen molar-refractivity contribution in [2.24, 2.45) is 0 Å². The number of alkyl carbamates (subject to hydrolysis) is 1. The normalized spacial score (nSPS) is 15.6. The third kappa shape index (κ3) is 7.91. The third-order valence-corrected chi connectivity index (χ3v) is 6.72. The average Bonchev–Trinajstić information content (AvgIpc) is 3.72. The first-order valence-corrected chi connectivity index (χ1v) is 12.8. The Morgan fingerprint density at radius 2 is 1.97 bits per heavy atom. The van der Waals surface area contributed by atoms with E-state index in [0.29, 0.717) is 24.6 Å². The number of nitrogens with one attached hydrogen (secondary N) is 2. The molecule has 3 N–H and O–H groups in total. The highest BCUT2D eigenvalue weighted by atomic mass is 19.1. The first-order valence-electron chi connectivity index (χ1n) is 12.8. The van der Waals surface area contributed by atoms with Crippen LogP contribution >= 0.6 is 0 Å². The molecule has 4 rings (SSSR count). The maximum atomic E-state index is 13.0. The topological polar surface area (TPSA) is 104 Å². The molecule has 1 aromatic heterocycles. The van der Waals surface area contributed by atoms with Crippen molar-refractivity contribution < 1.29 is 23.8 Å². The summed E-state index contributed by atoms with van der Waals surface area (Å²) in [5, 5.41) is 15.4. The summed E-state index contributed by atoms with van der Waals surface area (Å²) < 4.78 is 18.1. The van der Waals surface area contributed by atoms with Gasteiger partial charge in [-0.2, -0.15) is 0 Å². The molecular weight excluding hydrogens is 463 g/mol. The van der Waals surface area contributed by atoms with Crippen molar-refractivity contribution in [1.82, 2.24) is 15.2 Å². The number of fused-ring (bicyclic) bond motifs is 1. The van der Waals surface area contributed by atoms with Gasteiger partial charge in [0.15, 0.2) is 0 Å². The number of amides is 1. The molecule has 1 atom stereocenters. The Balaban J connectivity index is 1.18. The highest BCUT2D eigenvalue weighted by Crippen LogP contribution is 2.27. The van der Waals surface area contributed by atoms with Crippen molar-refractivity contribution in [3.63, 3.8) is 0 Å². The number of anilines is 1. The summed E-state index contributed by atoms with van der Waals surface area (Å²) in [4.78, 5) is 31.0. The number of pyridine rings is 1. The average molecular weight is 499 g/mol. The Labute approximate surface area is 211 Å². The molecule has 1 unspecified atom stereocenters. The number of aliphatic carboxylic acids is 1. The van der Waals surface area contributed by atoms with Crippen LogP contribution in [0.15, 0.2) is 36.4 Å². The molecule has 8 nitrogen and oxygen atoms in total. The highest BCUT2D eigenvalue weighted by Gasteiger charge is 2.30. The van der Waals surface area contributed by atoms with Gasteiger partial charge in [0.05, 0.1) is 0 Å². The number of nitrogens with zero attached hydrogens (tertiary/aromatic N) is 2. The first-order chi connectivity index (χ1) is 17.5. The second-order valence-electron chi connectivity index (χ2n) is 9.59. The van der Waals surface area contributed by atoms with Gasteiger partial charge >= 0.3 is 12.1 Å². The molecule has 1 saturated carbocycles. The van der Waals surface area contributed by atoms with Crippen LogP contribution in [0.25, 0.3) is 0 Å². The number of ether oxygens (including phenoxy) is 1. The fourth-order valence-electron chi connectivity index (χ4n) is 4.51. The van der Waals surface area contributed by atoms with Crippen molar-refractivity contribution >= 4 is 17.9 Å². The van der Waals surface area contributed by atoms with E-state index in [1.54, 1.807) is 0 Å². The number of rotatable bonds is 13. The molecule has 1 fully saturated rings. The quantitative estimate of drug-likeness (QED) is 0.357. The molecule has 194 valence electrons. The van der Waals surface area contributed by atoms with E-state index in [9.17, 15) is 19.1 Å². The number of aryl methyl sites for hydroxylation is 2. The van der Waals surface area contributed by atoms with Crippen LogP contribution in [-0.2, 0) is 29.0 Å². The van der Waals surface area contributed by atoms with Crippen molar-refractivity contribution in [2.75, 3.05) is 25.0 Å².